The Morgan fingerprint density at radius 2 is 2.00 bits per heavy atom. The fourth-order valence-corrected chi connectivity index (χ4v) is 3.55. The molecule has 1 aliphatic carbocycles. The first-order valence-electron chi connectivity index (χ1n) is 7.10. The summed E-state index contributed by atoms with van der Waals surface area (Å²) in [6.45, 7) is 0.530. The van der Waals surface area contributed by atoms with Crippen molar-refractivity contribution >= 4 is 39.2 Å². The van der Waals surface area contributed by atoms with Gasteiger partial charge in [-0.2, -0.15) is 0 Å². The number of amides is 1. The molecule has 2 aromatic rings. The zero-order valence-corrected chi connectivity index (χ0v) is 14.2. The molecule has 0 radical (unpaired) electrons. The van der Waals surface area contributed by atoms with Gasteiger partial charge >= 0.3 is 0 Å². The number of thiophene rings is 1. The molecule has 1 aromatic heterocycles. The summed E-state index contributed by atoms with van der Waals surface area (Å²) in [6.07, 6.45) is 5.56. The van der Waals surface area contributed by atoms with E-state index in [1.54, 1.807) is 29.5 Å². The molecule has 0 aliphatic heterocycles. The van der Waals surface area contributed by atoms with Gasteiger partial charge < -0.3 is 4.90 Å². The molecule has 0 spiro atoms. The van der Waals surface area contributed by atoms with Gasteiger partial charge in [0.25, 0.3) is 0 Å². The quantitative estimate of drug-likeness (QED) is 0.679. The molecule has 5 heteroatoms. The van der Waals surface area contributed by atoms with Gasteiger partial charge in [-0.05, 0) is 64.7 Å². The van der Waals surface area contributed by atoms with Crippen LogP contribution in [-0.4, -0.2) is 16.8 Å². The van der Waals surface area contributed by atoms with Gasteiger partial charge in [0.1, 0.15) is 5.82 Å². The molecule has 0 unspecified atom stereocenters. The summed E-state index contributed by atoms with van der Waals surface area (Å²) in [5.41, 5.74) is 0.953. The highest BCUT2D eigenvalue weighted by Gasteiger charge is 2.31. The number of hydrogen-bond acceptors (Lipinski definition) is 2. The third-order valence-corrected chi connectivity index (χ3v) is 5.11. The predicted molar refractivity (Wildman–Crippen MR) is 91.0 cm³/mol. The van der Waals surface area contributed by atoms with E-state index in [1.807, 2.05) is 23.1 Å². The third-order valence-electron chi connectivity index (χ3n) is 3.52. The molecule has 1 aromatic carbocycles. The molecule has 1 aliphatic rings. The number of carbonyl (C=O) groups excluding carboxylic acids is 1. The molecule has 0 N–H and O–H groups in total. The van der Waals surface area contributed by atoms with Crippen molar-refractivity contribution in [1.29, 1.82) is 0 Å². The first kappa shape index (κ1) is 15.4. The second-order valence-electron chi connectivity index (χ2n) is 5.30. The van der Waals surface area contributed by atoms with Gasteiger partial charge in [0.2, 0.25) is 5.91 Å². The van der Waals surface area contributed by atoms with Crippen molar-refractivity contribution in [2.24, 2.45) is 0 Å². The van der Waals surface area contributed by atoms with Crippen LogP contribution in [0.2, 0.25) is 0 Å². The Morgan fingerprint density at radius 3 is 2.59 bits per heavy atom. The Kier molecular flexibility index (Phi) is 4.74. The summed E-state index contributed by atoms with van der Waals surface area (Å²) in [5, 5.41) is 0. The number of halogens is 2. The fourth-order valence-electron chi connectivity index (χ4n) is 2.23. The highest BCUT2D eigenvalue weighted by atomic mass is 79.9. The number of benzene rings is 1. The lowest BCUT2D eigenvalue weighted by Crippen LogP contribution is -2.31. The van der Waals surface area contributed by atoms with E-state index in [0.717, 1.165) is 27.1 Å². The highest BCUT2D eigenvalue weighted by molar-refractivity contribution is 9.11. The van der Waals surface area contributed by atoms with E-state index in [2.05, 4.69) is 15.9 Å². The van der Waals surface area contributed by atoms with E-state index in [9.17, 15) is 9.18 Å². The van der Waals surface area contributed by atoms with Crippen molar-refractivity contribution in [3.8, 4) is 0 Å². The monoisotopic (exact) mass is 379 g/mol. The minimum atomic E-state index is -0.254. The number of rotatable bonds is 5. The van der Waals surface area contributed by atoms with E-state index < -0.39 is 0 Å². The van der Waals surface area contributed by atoms with Crippen LogP contribution < -0.4 is 0 Å². The molecule has 0 saturated heterocycles. The Morgan fingerprint density at radius 1 is 1.27 bits per heavy atom. The molecular weight excluding hydrogens is 365 g/mol. The van der Waals surface area contributed by atoms with Gasteiger partial charge in [0.05, 0.1) is 3.79 Å². The Hall–Kier alpha value is -1.46. The zero-order valence-electron chi connectivity index (χ0n) is 11.8. The molecule has 0 bridgehead atoms. The van der Waals surface area contributed by atoms with Crippen LogP contribution in [0.4, 0.5) is 4.39 Å². The maximum atomic E-state index is 13.0. The van der Waals surface area contributed by atoms with E-state index >= 15 is 0 Å². The standard InChI is InChI=1S/C17H15BrFNOS/c18-16-9-7-15(22-16)8-10-17(21)20(14-5-6-14)11-12-1-3-13(19)4-2-12/h1-4,7-10,14H,5-6,11H2/b10-8+. The average molecular weight is 380 g/mol. The summed E-state index contributed by atoms with van der Waals surface area (Å²) >= 11 is 5.00. The second-order valence-corrected chi connectivity index (χ2v) is 7.79. The number of hydrogen-bond donors (Lipinski definition) is 0. The average Bonchev–Trinajstić information content (AvgIpc) is 3.26. The van der Waals surface area contributed by atoms with Gasteiger partial charge in [-0.1, -0.05) is 12.1 Å². The van der Waals surface area contributed by atoms with Crippen molar-refractivity contribution in [2.75, 3.05) is 0 Å². The molecule has 22 heavy (non-hydrogen) atoms. The van der Waals surface area contributed by atoms with Crippen LogP contribution in [-0.2, 0) is 11.3 Å². The highest BCUT2D eigenvalue weighted by Crippen LogP contribution is 2.29. The molecule has 3 rings (SSSR count). The van der Waals surface area contributed by atoms with Crippen LogP contribution in [0, 0.1) is 5.82 Å². The van der Waals surface area contributed by atoms with Gasteiger partial charge in [0.15, 0.2) is 0 Å². The lowest BCUT2D eigenvalue weighted by atomic mass is 10.2. The minimum Gasteiger partial charge on any atom is -0.332 e. The van der Waals surface area contributed by atoms with Gasteiger partial charge in [-0.25, -0.2) is 4.39 Å². The topological polar surface area (TPSA) is 20.3 Å². The van der Waals surface area contributed by atoms with Crippen LogP contribution >= 0.6 is 27.3 Å². The zero-order chi connectivity index (χ0) is 15.5. The lowest BCUT2D eigenvalue weighted by Gasteiger charge is -2.21. The molecule has 1 fully saturated rings. The maximum Gasteiger partial charge on any atom is 0.247 e. The van der Waals surface area contributed by atoms with Crippen LogP contribution in [0.15, 0.2) is 46.3 Å². The Balaban J connectivity index is 1.69. The Labute approximate surface area is 141 Å². The van der Waals surface area contributed by atoms with Gasteiger partial charge in [-0.15, -0.1) is 11.3 Å². The summed E-state index contributed by atoms with van der Waals surface area (Å²) in [5.74, 6) is -0.243. The minimum absolute atomic E-state index is 0.0105. The summed E-state index contributed by atoms with van der Waals surface area (Å²) < 4.78 is 14.0. The van der Waals surface area contributed by atoms with Crippen molar-refractivity contribution in [3.05, 3.63) is 62.5 Å². The first-order valence-corrected chi connectivity index (χ1v) is 8.71. The first-order chi connectivity index (χ1) is 10.6. The number of carbonyl (C=O) groups is 1. The van der Waals surface area contributed by atoms with Crippen molar-refractivity contribution in [1.82, 2.24) is 4.90 Å². The van der Waals surface area contributed by atoms with Crippen molar-refractivity contribution in [3.63, 3.8) is 0 Å². The van der Waals surface area contributed by atoms with Crippen molar-refractivity contribution in [2.45, 2.75) is 25.4 Å². The third kappa shape index (κ3) is 4.05. The maximum absolute atomic E-state index is 13.0. The van der Waals surface area contributed by atoms with Gasteiger partial charge in [-0.3, -0.25) is 4.79 Å². The van der Waals surface area contributed by atoms with E-state index in [4.69, 9.17) is 0 Å². The normalized spacial score (nSPS) is 14.5. The molecule has 0 atom stereocenters. The molecule has 114 valence electrons. The van der Waals surface area contributed by atoms with Crippen LogP contribution in [0.3, 0.4) is 0 Å². The molecule has 1 amide bonds. The van der Waals surface area contributed by atoms with E-state index in [1.165, 1.54) is 12.1 Å². The van der Waals surface area contributed by atoms with Crippen LogP contribution in [0.1, 0.15) is 23.3 Å². The lowest BCUT2D eigenvalue weighted by molar-refractivity contribution is -0.127. The van der Waals surface area contributed by atoms with Crippen LogP contribution in [0.25, 0.3) is 6.08 Å². The summed E-state index contributed by atoms with van der Waals surface area (Å²) in [7, 11) is 0. The van der Waals surface area contributed by atoms with E-state index in [-0.39, 0.29) is 11.7 Å². The summed E-state index contributed by atoms with van der Waals surface area (Å²) in [6, 6.07) is 10.6. The van der Waals surface area contributed by atoms with E-state index in [0.29, 0.717) is 12.6 Å². The van der Waals surface area contributed by atoms with Gasteiger partial charge in [0, 0.05) is 23.5 Å². The SMILES string of the molecule is O=C(/C=C/c1ccc(Br)s1)N(Cc1ccc(F)cc1)C1CC1. The second kappa shape index (κ2) is 6.75. The summed E-state index contributed by atoms with van der Waals surface area (Å²) in [4.78, 5) is 15.3. The smallest absolute Gasteiger partial charge is 0.247 e. The molecular formula is C17H15BrFNOS. The molecule has 2 nitrogen and oxygen atoms in total. The fraction of sp³-hybridized carbons (Fsp3) is 0.235. The number of nitrogens with zero attached hydrogens (tertiary/aromatic N) is 1. The molecule has 1 saturated carbocycles. The predicted octanol–water partition coefficient (Wildman–Crippen LogP) is 4.85. The van der Waals surface area contributed by atoms with Crippen molar-refractivity contribution < 1.29 is 9.18 Å². The molecule has 1 heterocycles. The Bertz CT molecular complexity index is 691. The van der Waals surface area contributed by atoms with Crippen LogP contribution in [0.5, 0.6) is 0 Å². The largest absolute Gasteiger partial charge is 0.332 e.